The number of hydrogen-bond acceptors (Lipinski definition) is 2. The summed E-state index contributed by atoms with van der Waals surface area (Å²) in [5, 5.41) is 2.10. The van der Waals surface area contributed by atoms with Crippen molar-refractivity contribution >= 4 is 24.2 Å². The Morgan fingerprint density at radius 3 is 3.00 bits per heavy atom. The molecule has 0 saturated heterocycles. The molecule has 0 radical (unpaired) electrons. The molecule has 0 N–H and O–H groups in total. The third-order valence-corrected chi connectivity index (χ3v) is 1.77. The van der Waals surface area contributed by atoms with E-state index in [1.807, 2.05) is 17.8 Å². The summed E-state index contributed by atoms with van der Waals surface area (Å²) in [4.78, 5) is 2.21. The van der Waals surface area contributed by atoms with Crippen LogP contribution < -0.4 is 0 Å². The second kappa shape index (κ2) is 4.77. The quantitative estimate of drug-likeness (QED) is 0.574. The van der Waals surface area contributed by atoms with Crippen molar-refractivity contribution in [3.63, 3.8) is 0 Å². The predicted octanol–water partition coefficient (Wildman–Crippen LogP) is 2.07. The lowest BCUT2D eigenvalue weighted by Crippen LogP contribution is -2.11. The Balaban J connectivity index is 0.000000640. The molecule has 0 spiro atoms. The lowest BCUT2D eigenvalue weighted by Gasteiger charge is -2.09. The molecule has 0 aromatic heterocycles. The molecule has 1 nitrogen and oxygen atoms in total. The van der Waals surface area contributed by atoms with Gasteiger partial charge in [0.1, 0.15) is 0 Å². The fourth-order valence-electron chi connectivity index (χ4n) is 0.590. The van der Waals surface area contributed by atoms with Crippen molar-refractivity contribution in [1.29, 1.82) is 0 Å². The maximum Gasteiger partial charge on any atom is 0.0678 e. The third-order valence-electron chi connectivity index (χ3n) is 0.972. The summed E-state index contributed by atoms with van der Waals surface area (Å²) in [6.07, 6.45) is 4.00. The average molecular weight is 164 g/mol. The summed E-state index contributed by atoms with van der Waals surface area (Å²) in [5.41, 5.74) is 0. The van der Waals surface area contributed by atoms with E-state index in [-0.39, 0.29) is 12.4 Å². The Labute approximate surface area is 66.2 Å². The van der Waals surface area contributed by atoms with Crippen LogP contribution >= 0.6 is 24.2 Å². The lowest BCUT2D eigenvalue weighted by molar-refractivity contribution is 0.499. The molecule has 0 atom stereocenters. The van der Waals surface area contributed by atoms with E-state index in [2.05, 4.69) is 23.1 Å². The number of rotatable bonds is 2. The van der Waals surface area contributed by atoms with Gasteiger partial charge >= 0.3 is 0 Å². The summed E-state index contributed by atoms with van der Waals surface area (Å²) in [5.74, 6) is 1.09. The van der Waals surface area contributed by atoms with Crippen LogP contribution in [0.3, 0.4) is 0 Å². The van der Waals surface area contributed by atoms with Crippen LogP contribution in [0.2, 0.25) is 0 Å². The minimum atomic E-state index is 0. The Kier molecular flexibility index (Phi) is 4.72. The van der Waals surface area contributed by atoms with Crippen molar-refractivity contribution in [1.82, 2.24) is 4.90 Å². The molecule has 0 bridgehead atoms. The minimum Gasteiger partial charge on any atom is -0.364 e. The zero-order chi connectivity index (χ0) is 5.82. The second-order valence-electron chi connectivity index (χ2n) is 1.64. The molecule has 0 aromatic carbocycles. The van der Waals surface area contributed by atoms with Crippen molar-refractivity contribution in [3.8, 4) is 0 Å². The number of thioether (sulfide) groups is 1. The molecule has 52 valence electrons. The van der Waals surface area contributed by atoms with E-state index in [9.17, 15) is 0 Å². The highest BCUT2D eigenvalue weighted by Crippen LogP contribution is 2.13. The smallest absolute Gasteiger partial charge is 0.0678 e. The van der Waals surface area contributed by atoms with Gasteiger partial charge in [-0.1, -0.05) is 6.08 Å². The zero-order valence-electron chi connectivity index (χ0n) is 5.12. The lowest BCUT2D eigenvalue weighted by atomic mass is 10.6. The number of halogens is 1. The van der Waals surface area contributed by atoms with Gasteiger partial charge < -0.3 is 4.90 Å². The van der Waals surface area contributed by atoms with Gasteiger partial charge in [0.25, 0.3) is 0 Å². The molecule has 0 amide bonds. The van der Waals surface area contributed by atoms with Crippen LogP contribution in [0.25, 0.3) is 0 Å². The van der Waals surface area contributed by atoms with E-state index >= 15 is 0 Å². The van der Waals surface area contributed by atoms with Gasteiger partial charge in [-0.15, -0.1) is 30.7 Å². The molecule has 1 heterocycles. The first kappa shape index (κ1) is 8.92. The van der Waals surface area contributed by atoms with Gasteiger partial charge in [-0.25, -0.2) is 0 Å². The average Bonchev–Trinajstić information content (AvgIpc) is 2.19. The minimum absolute atomic E-state index is 0. The summed E-state index contributed by atoms with van der Waals surface area (Å²) in [7, 11) is 0. The molecule has 3 heteroatoms. The van der Waals surface area contributed by atoms with Crippen LogP contribution in [0.4, 0.5) is 0 Å². The van der Waals surface area contributed by atoms with Gasteiger partial charge in [0.15, 0.2) is 0 Å². The van der Waals surface area contributed by atoms with Crippen LogP contribution in [0, 0.1) is 0 Å². The molecule has 0 fully saturated rings. The Bertz CT molecular complexity index is 114. The first-order valence-electron chi connectivity index (χ1n) is 2.56. The molecule has 0 aromatic rings. The van der Waals surface area contributed by atoms with Crippen molar-refractivity contribution < 1.29 is 0 Å². The molecular weight excluding hydrogens is 154 g/mol. The Morgan fingerprint density at radius 2 is 2.56 bits per heavy atom. The summed E-state index contributed by atoms with van der Waals surface area (Å²) in [6.45, 7) is 4.62. The monoisotopic (exact) mass is 163 g/mol. The maximum atomic E-state index is 3.64. The molecule has 0 aliphatic carbocycles. The van der Waals surface area contributed by atoms with Gasteiger partial charge in [-0.3, -0.25) is 0 Å². The van der Waals surface area contributed by atoms with E-state index in [4.69, 9.17) is 0 Å². The van der Waals surface area contributed by atoms with Crippen LogP contribution in [-0.4, -0.2) is 17.3 Å². The highest BCUT2D eigenvalue weighted by molar-refractivity contribution is 8.02. The van der Waals surface area contributed by atoms with Gasteiger partial charge in [0.2, 0.25) is 0 Å². The highest BCUT2D eigenvalue weighted by atomic mass is 35.5. The van der Waals surface area contributed by atoms with E-state index in [0.717, 1.165) is 12.4 Å². The molecule has 0 saturated carbocycles. The topological polar surface area (TPSA) is 3.24 Å². The van der Waals surface area contributed by atoms with Crippen LogP contribution in [0.1, 0.15) is 0 Å². The number of hydrogen-bond donors (Lipinski definition) is 0. The van der Waals surface area contributed by atoms with Gasteiger partial charge in [-0.05, 0) is 5.41 Å². The van der Waals surface area contributed by atoms with E-state index < -0.39 is 0 Å². The van der Waals surface area contributed by atoms with Crippen molar-refractivity contribution in [2.75, 3.05) is 12.4 Å². The SMILES string of the molecule is C=CCN1C=CSC1.Cl. The van der Waals surface area contributed by atoms with E-state index in [0.29, 0.717) is 0 Å². The van der Waals surface area contributed by atoms with Gasteiger partial charge in [0.05, 0.1) is 5.88 Å². The van der Waals surface area contributed by atoms with Crippen LogP contribution in [0.15, 0.2) is 24.3 Å². The first-order valence-corrected chi connectivity index (χ1v) is 3.61. The summed E-state index contributed by atoms with van der Waals surface area (Å²) < 4.78 is 0. The second-order valence-corrected chi connectivity index (χ2v) is 2.50. The molecule has 1 aliphatic rings. The highest BCUT2D eigenvalue weighted by Gasteiger charge is 1.99. The Hall–Kier alpha value is -0.0800. The van der Waals surface area contributed by atoms with Gasteiger partial charge in [-0.2, -0.15) is 0 Å². The van der Waals surface area contributed by atoms with E-state index in [1.54, 1.807) is 0 Å². The standard InChI is InChI=1S/C6H9NS.ClH/c1-2-3-7-4-5-8-6-7;/h2,4-5H,1,3,6H2;1H. The molecular formula is C6H10ClNS. The maximum absolute atomic E-state index is 3.64. The number of nitrogens with zero attached hydrogens (tertiary/aromatic N) is 1. The Morgan fingerprint density at radius 1 is 1.78 bits per heavy atom. The zero-order valence-corrected chi connectivity index (χ0v) is 6.75. The molecule has 0 unspecified atom stereocenters. The predicted molar refractivity (Wildman–Crippen MR) is 45.7 cm³/mol. The van der Waals surface area contributed by atoms with Crippen LogP contribution in [0.5, 0.6) is 0 Å². The first-order chi connectivity index (χ1) is 3.93. The largest absolute Gasteiger partial charge is 0.364 e. The third kappa shape index (κ3) is 2.82. The fraction of sp³-hybridized carbons (Fsp3) is 0.333. The molecule has 1 aliphatic heterocycles. The fourth-order valence-corrected chi connectivity index (χ4v) is 1.32. The van der Waals surface area contributed by atoms with Crippen molar-refractivity contribution in [2.45, 2.75) is 0 Å². The van der Waals surface area contributed by atoms with Gasteiger partial charge in [0, 0.05) is 12.7 Å². The van der Waals surface area contributed by atoms with E-state index in [1.165, 1.54) is 0 Å². The van der Waals surface area contributed by atoms with Crippen molar-refractivity contribution in [2.24, 2.45) is 0 Å². The van der Waals surface area contributed by atoms with Crippen LogP contribution in [-0.2, 0) is 0 Å². The summed E-state index contributed by atoms with van der Waals surface area (Å²) in [6, 6.07) is 0. The van der Waals surface area contributed by atoms with Crippen molar-refractivity contribution in [3.05, 3.63) is 24.3 Å². The molecule has 9 heavy (non-hydrogen) atoms. The normalized spacial score (nSPS) is 15.3. The molecule has 1 rings (SSSR count). The summed E-state index contributed by atoms with van der Waals surface area (Å²) >= 11 is 1.82.